The summed E-state index contributed by atoms with van der Waals surface area (Å²) >= 11 is 0. The third-order valence-corrected chi connectivity index (χ3v) is 2.65. The molecule has 4 heteroatoms. The fourth-order valence-electron chi connectivity index (χ4n) is 1.91. The summed E-state index contributed by atoms with van der Waals surface area (Å²) in [5.41, 5.74) is 5.58. The van der Waals surface area contributed by atoms with Crippen LogP contribution in [-0.4, -0.2) is 41.1 Å². The van der Waals surface area contributed by atoms with E-state index in [-0.39, 0.29) is 24.6 Å². The molecule has 82 valence electrons. The van der Waals surface area contributed by atoms with Crippen molar-refractivity contribution >= 4 is 5.91 Å². The monoisotopic (exact) mass is 200 g/mol. The van der Waals surface area contributed by atoms with E-state index in [1.54, 1.807) is 4.90 Å². The van der Waals surface area contributed by atoms with Crippen LogP contribution in [0.3, 0.4) is 0 Å². The zero-order valence-electron chi connectivity index (χ0n) is 8.78. The zero-order valence-corrected chi connectivity index (χ0v) is 8.78. The summed E-state index contributed by atoms with van der Waals surface area (Å²) in [5.74, 6) is 0.0822. The first-order chi connectivity index (χ1) is 6.65. The highest BCUT2D eigenvalue weighted by atomic mass is 16.3. The van der Waals surface area contributed by atoms with Gasteiger partial charge in [-0.3, -0.25) is 4.79 Å². The topological polar surface area (TPSA) is 66.6 Å². The minimum Gasteiger partial charge on any atom is -0.394 e. The van der Waals surface area contributed by atoms with Crippen LogP contribution in [0.5, 0.6) is 0 Å². The summed E-state index contributed by atoms with van der Waals surface area (Å²) in [4.78, 5) is 13.5. The van der Waals surface area contributed by atoms with Crippen molar-refractivity contribution < 1.29 is 9.90 Å². The Morgan fingerprint density at radius 1 is 1.64 bits per heavy atom. The zero-order chi connectivity index (χ0) is 10.6. The Bertz CT molecular complexity index is 195. The number of hydrogen-bond acceptors (Lipinski definition) is 3. The number of amides is 1. The summed E-state index contributed by atoms with van der Waals surface area (Å²) < 4.78 is 0. The van der Waals surface area contributed by atoms with E-state index in [2.05, 4.69) is 0 Å². The summed E-state index contributed by atoms with van der Waals surface area (Å²) in [6.45, 7) is 2.68. The van der Waals surface area contributed by atoms with Gasteiger partial charge in [0.05, 0.1) is 12.6 Å². The predicted molar refractivity (Wildman–Crippen MR) is 54.7 cm³/mol. The molecule has 0 bridgehead atoms. The predicted octanol–water partition coefficient (Wildman–Crippen LogP) is 0.0971. The highest BCUT2D eigenvalue weighted by Crippen LogP contribution is 2.17. The van der Waals surface area contributed by atoms with Gasteiger partial charge in [0.25, 0.3) is 0 Å². The third kappa shape index (κ3) is 2.96. The first-order valence-electron chi connectivity index (χ1n) is 5.31. The van der Waals surface area contributed by atoms with Crippen LogP contribution in [-0.2, 0) is 4.79 Å². The number of rotatable bonds is 3. The fourth-order valence-corrected chi connectivity index (χ4v) is 1.91. The van der Waals surface area contributed by atoms with Crippen LogP contribution in [0.2, 0.25) is 0 Å². The maximum atomic E-state index is 11.7. The van der Waals surface area contributed by atoms with E-state index < -0.39 is 0 Å². The molecule has 0 aromatic rings. The van der Waals surface area contributed by atoms with Crippen molar-refractivity contribution in [2.45, 2.75) is 44.7 Å². The van der Waals surface area contributed by atoms with Crippen LogP contribution >= 0.6 is 0 Å². The molecule has 1 heterocycles. The summed E-state index contributed by atoms with van der Waals surface area (Å²) in [6, 6.07) is -0.0706. The maximum absolute atomic E-state index is 11.7. The summed E-state index contributed by atoms with van der Waals surface area (Å²) in [5, 5.41) is 9.12. The largest absolute Gasteiger partial charge is 0.394 e. The van der Waals surface area contributed by atoms with Gasteiger partial charge in [-0.05, 0) is 26.2 Å². The quantitative estimate of drug-likeness (QED) is 0.679. The Morgan fingerprint density at radius 3 is 2.93 bits per heavy atom. The highest BCUT2D eigenvalue weighted by molar-refractivity contribution is 5.77. The molecule has 0 radical (unpaired) electrons. The second-order valence-electron chi connectivity index (χ2n) is 4.10. The molecule has 4 nitrogen and oxygen atoms in total. The smallest absolute Gasteiger partial charge is 0.224 e. The standard InChI is InChI=1S/C10H20N2O2/c1-8(11)6-10(14)12-5-3-2-4-9(12)7-13/h8-9,13H,2-7,11H2,1H3. The van der Waals surface area contributed by atoms with Gasteiger partial charge in [-0.15, -0.1) is 0 Å². The fraction of sp³-hybridized carbons (Fsp3) is 0.900. The summed E-state index contributed by atoms with van der Waals surface area (Å²) in [7, 11) is 0. The molecule has 0 aromatic heterocycles. The number of aliphatic hydroxyl groups excluding tert-OH is 1. The lowest BCUT2D eigenvalue weighted by Gasteiger charge is -2.35. The van der Waals surface area contributed by atoms with Crippen molar-refractivity contribution in [2.24, 2.45) is 5.73 Å². The lowest BCUT2D eigenvalue weighted by molar-refractivity contribution is -0.136. The van der Waals surface area contributed by atoms with E-state index in [1.165, 1.54) is 0 Å². The molecule has 1 saturated heterocycles. The van der Waals surface area contributed by atoms with Gasteiger partial charge in [-0.25, -0.2) is 0 Å². The minimum absolute atomic E-state index is 0.0231. The van der Waals surface area contributed by atoms with Crippen molar-refractivity contribution in [3.63, 3.8) is 0 Å². The van der Waals surface area contributed by atoms with Gasteiger partial charge >= 0.3 is 0 Å². The number of aliphatic hydroxyl groups is 1. The Hall–Kier alpha value is -0.610. The molecular formula is C10H20N2O2. The molecule has 0 aromatic carbocycles. The van der Waals surface area contributed by atoms with Crippen LogP contribution in [0.25, 0.3) is 0 Å². The maximum Gasteiger partial charge on any atom is 0.224 e. The molecule has 0 saturated carbocycles. The average Bonchev–Trinajstić information content (AvgIpc) is 2.16. The van der Waals surface area contributed by atoms with E-state index in [4.69, 9.17) is 10.8 Å². The Morgan fingerprint density at radius 2 is 2.36 bits per heavy atom. The van der Waals surface area contributed by atoms with Crippen molar-refractivity contribution in [3.8, 4) is 0 Å². The number of carbonyl (C=O) groups is 1. The first-order valence-corrected chi connectivity index (χ1v) is 5.31. The number of nitrogens with two attached hydrogens (primary N) is 1. The van der Waals surface area contributed by atoms with E-state index in [0.717, 1.165) is 25.8 Å². The second kappa shape index (κ2) is 5.32. The van der Waals surface area contributed by atoms with Crippen molar-refractivity contribution in [1.82, 2.24) is 4.90 Å². The van der Waals surface area contributed by atoms with Crippen LogP contribution in [0.1, 0.15) is 32.6 Å². The van der Waals surface area contributed by atoms with Gasteiger partial charge in [0.2, 0.25) is 5.91 Å². The lowest BCUT2D eigenvalue weighted by Crippen LogP contribution is -2.46. The molecule has 0 aliphatic carbocycles. The van der Waals surface area contributed by atoms with Gasteiger partial charge in [0.15, 0.2) is 0 Å². The van der Waals surface area contributed by atoms with Gasteiger partial charge in [-0.2, -0.15) is 0 Å². The molecule has 2 atom stereocenters. The molecule has 0 spiro atoms. The number of nitrogens with zero attached hydrogens (tertiary/aromatic N) is 1. The Balaban J connectivity index is 2.50. The Kier molecular flexibility index (Phi) is 4.35. The molecule has 1 amide bonds. The van der Waals surface area contributed by atoms with E-state index in [1.807, 2.05) is 6.92 Å². The van der Waals surface area contributed by atoms with E-state index >= 15 is 0 Å². The molecule has 2 unspecified atom stereocenters. The first kappa shape index (κ1) is 11.5. The van der Waals surface area contributed by atoms with E-state index in [0.29, 0.717) is 6.42 Å². The van der Waals surface area contributed by atoms with Crippen molar-refractivity contribution in [3.05, 3.63) is 0 Å². The molecule has 1 fully saturated rings. The van der Waals surface area contributed by atoms with Crippen LogP contribution in [0.15, 0.2) is 0 Å². The van der Waals surface area contributed by atoms with Gasteiger partial charge in [-0.1, -0.05) is 0 Å². The van der Waals surface area contributed by atoms with Crippen LogP contribution in [0, 0.1) is 0 Å². The molecule has 1 rings (SSSR count). The molecule has 1 aliphatic heterocycles. The minimum atomic E-state index is -0.0937. The van der Waals surface area contributed by atoms with Crippen LogP contribution < -0.4 is 5.73 Å². The van der Waals surface area contributed by atoms with Gasteiger partial charge in [0, 0.05) is 19.0 Å². The van der Waals surface area contributed by atoms with Crippen LogP contribution in [0.4, 0.5) is 0 Å². The van der Waals surface area contributed by atoms with Gasteiger partial charge in [0.1, 0.15) is 0 Å². The summed E-state index contributed by atoms with van der Waals surface area (Å²) in [6.07, 6.45) is 3.45. The van der Waals surface area contributed by atoms with E-state index in [9.17, 15) is 4.79 Å². The lowest BCUT2D eigenvalue weighted by atomic mass is 10.0. The SMILES string of the molecule is CC(N)CC(=O)N1CCCCC1CO. The number of likely N-dealkylation sites (tertiary alicyclic amines) is 1. The molecular weight excluding hydrogens is 180 g/mol. The van der Waals surface area contributed by atoms with Crippen molar-refractivity contribution in [1.29, 1.82) is 0 Å². The number of hydrogen-bond donors (Lipinski definition) is 2. The Labute approximate surface area is 85.1 Å². The molecule has 14 heavy (non-hydrogen) atoms. The normalized spacial score (nSPS) is 24.8. The second-order valence-corrected chi connectivity index (χ2v) is 4.10. The highest BCUT2D eigenvalue weighted by Gasteiger charge is 2.25. The number of piperidine rings is 1. The number of carbonyl (C=O) groups excluding carboxylic acids is 1. The molecule has 3 N–H and O–H groups in total. The van der Waals surface area contributed by atoms with Crippen molar-refractivity contribution in [2.75, 3.05) is 13.2 Å². The average molecular weight is 200 g/mol. The third-order valence-electron chi connectivity index (χ3n) is 2.65. The van der Waals surface area contributed by atoms with Gasteiger partial charge < -0.3 is 15.7 Å². The molecule has 1 aliphatic rings.